The van der Waals surface area contributed by atoms with E-state index in [1.807, 2.05) is 42.5 Å². The first kappa shape index (κ1) is 19.4. The highest BCUT2D eigenvalue weighted by Gasteiger charge is 2.27. The van der Waals surface area contributed by atoms with Gasteiger partial charge in [-0.2, -0.15) is 0 Å². The number of nitrogens with one attached hydrogen (secondary N) is 1. The number of nitrogens with zero attached hydrogens (tertiary/aromatic N) is 3. The minimum atomic E-state index is -0.0460. The quantitative estimate of drug-likeness (QED) is 0.536. The number of fused-ring (bicyclic) bond motifs is 3. The van der Waals surface area contributed by atoms with Gasteiger partial charge >= 0.3 is 0 Å². The van der Waals surface area contributed by atoms with Gasteiger partial charge in [0.2, 0.25) is 5.91 Å². The van der Waals surface area contributed by atoms with Crippen LogP contribution in [-0.4, -0.2) is 35.5 Å². The van der Waals surface area contributed by atoms with Crippen molar-refractivity contribution in [2.75, 3.05) is 25.1 Å². The van der Waals surface area contributed by atoms with Crippen LogP contribution in [0.2, 0.25) is 0 Å². The molecule has 1 unspecified atom stereocenters. The van der Waals surface area contributed by atoms with Crippen molar-refractivity contribution in [3.8, 4) is 5.75 Å². The number of carbonyl (C=O) groups excluding carboxylic acids is 1. The molecule has 2 aromatic carbocycles. The first-order valence-electron chi connectivity index (χ1n) is 10.7. The van der Waals surface area contributed by atoms with E-state index in [9.17, 15) is 4.79 Å². The number of hydrogen-bond donors (Lipinski definition) is 1. The Hall–Kier alpha value is -3.54. The zero-order chi connectivity index (χ0) is 21.2. The van der Waals surface area contributed by atoms with E-state index < -0.39 is 0 Å². The fraction of sp³-hybridized carbons (Fsp3) is 0.280. The highest BCUT2D eigenvalue weighted by Crippen LogP contribution is 2.29. The van der Waals surface area contributed by atoms with Crippen molar-refractivity contribution in [1.29, 1.82) is 0 Å². The molecule has 0 radical (unpaired) electrons. The molecular weight excluding hydrogens is 388 g/mol. The van der Waals surface area contributed by atoms with E-state index in [0.29, 0.717) is 13.1 Å². The lowest BCUT2D eigenvalue weighted by molar-refractivity contribution is -0.125. The molecule has 1 fully saturated rings. The summed E-state index contributed by atoms with van der Waals surface area (Å²) in [4.78, 5) is 20.1. The summed E-state index contributed by atoms with van der Waals surface area (Å²) in [5, 5.41) is 3.11. The summed E-state index contributed by atoms with van der Waals surface area (Å²) >= 11 is 0. The lowest BCUT2D eigenvalue weighted by Crippen LogP contribution is -2.43. The number of ether oxygens (including phenoxy) is 1. The van der Waals surface area contributed by atoms with Crippen LogP contribution in [0.3, 0.4) is 0 Å². The second-order valence-corrected chi connectivity index (χ2v) is 8.04. The normalized spacial score (nSPS) is 16.5. The zero-order valence-electron chi connectivity index (χ0n) is 17.6. The Kier molecular flexibility index (Phi) is 5.20. The maximum Gasteiger partial charge on any atom is 0.225 e. The molecule has 0 aliphatic carbocycles. The number of anilines is 1. The standard InChI is InChI=1S/C25H26N4O2/c1-31-20-12-10-18(11-13-20)16-26-25(30)19-6-4-14-28(17-19)24-23-9-5-15-29(23)22-8-3-2-7-21(22)27-24/h2-3,5,7-13,15,19H,4,6,14,16-17H2,1H3,(H,26,30). The van der Waals surface area contributed by atoms with Crippen LogP contribution in [0.15, 0.2) is 66.9 Å². The number of rotatable bonds is 5. The molecule has 3 heterocycles. The van der Waals surface area contributed by atoms with Gasteiger partial charge in [-0.1, -0.05) is 24.3 Å². The van der Waals surface area contributed by atoms with E-state index >= 15 is 0 Å². The number of benzene rings is 2. The third-order valence-corrected chi connectivity index (χ3v) is 6.06. The average Bonchev–Trinajstić information content (AvgIpc) is 3.33. The van der Waals surface area contributed by atoms with Crippen molar-refractivity contribution >= 4 is 28.3 Å². The van der Waals surface area contributed by atoms with Gasteiger partial charge in [0.15, 0.2) is 5.82 Å². The fourth-order valence-corrected chi connectivity index (χ4v) is 4.40. The van der Waals surface area contributed by atoms with Crippen LogP contribution in [0.5, 0.6) is 5.75 Å². The minimum Gasteiger partial charge on any atom is -0.497 e. The fourth-order valence-electron chi connectivity index (χ4n) is 4.40. The summed E-state index contributed by atoms with van der Waals surface area (Å²) in [6.07, 6.45) is 3.95. The Bertz CT molecular complexity index is 1220. The smallest absolute Gasteiger partial charge is 0.225 e. The summed E-state index contributed by atoms with van der Waals surface area (Å²) < 4.78 is 7.38. The van der Waals surface area contributed by atoms with E-state index in [1.165, 1.54) is 0 Å². The Morgan fingerprint density at radius 2 is 1.90 bits per heavy atom. The molecule has 0 spiro atoms. The summed E-state index contributed by atoms with van der Waals surface area (Å²) in [7, 11) is 1.65. The van der Waals surface area contributed by atoms with Crippen LogP contribution in [0, 0.1) is 5.92 Å². The van der Waals surface area contributed by atoms with Gasteiger partial charge in [0.05, 0.1) is 29.6 Å². The molecule has 4 aromatic rings. The molecule has 1 aliphatic heterocycles. The van der Waals surface area contributed by atoms with Crippen molar-refractivity contribution in [3.05, 3.63) is 72.4 Å². The number of hydrogen-bond acceptors (Lipinski definition) is 4. The number of para-hydroxylation sites is 2. The zero-order valence-corrected chi connectivity index (χ0v) is 17.6. The molecule has 1 amide bonds. The van der Waals surface area contributed by atoms with Crippen molar-refractivity contribution in [3.63, 3.8) is 0 Å². The van der Waals surface area contributed by atoms with Gasteiger partial charge in [0, 0.05) is 25.8 Å². The largest absolute Gasteiger partial charge is 0.497 e. The highest BCUT2D eigenvalue weighted by molar-refractivity contribution is 5.86. The van der Waals surface area contributed by atoms with Gasteiger partial charge in [-0.05, 0) is 54.8 Å². The molecule has 0 bridgehead atoms. The first-order valence-corrected chi connectivity index (χ1v) is 10.7. The lowest BCUT2D eigenvalue weighted by atomic mass is 9.97. The van der Waals surface area contributed by atoms with E-state index in [0.717, 1.165) is 53.1 Å². The number of carbonyl (C=O) groups is 1. The Morgan fingerprint density at radius 1 is 1.10 bits per heavy atom. The molecule has 158 valence electrons. The molecule has 2 aromatic heterocycles. The van der Waals surface area contributed by atoms with Crippen LogP contribution in [0.25, 0.3) is 16.6 Å². The maximum absolute atomic E-state index is 12.9. The molecular formula is C25H26N4O2. The minimum absolute atomic E-state index is 0.0460. The second-order valence-electron chi connectivity index (χ2n) is 8.04. The summed E-state index contributed by atoms with van der Waals surface area (Å²) in [6, 6.07) is 20.1. The molecule has 1 atom stereocenters. The van der Waals surface area contributed by atoms with Gasteiger partial charge in [0.1, 0.15) is 5.75 Å². The van der Waals surface area contributed by atoms with Crippen LogP contribution in [0.4, 0.5) is 5.82 Å². The van der Waals surface area contributed by atoms with Gasteiger partial charge in [-0.3, -0.25) is 4.79 Å². The predicted molar refractivity (Wildman–Crippen MR) is 122 cm³/mol. The summed E-state index contributed by atoms with van der Waals surface area (Å²) in [6.45, 7) is 2.12. The molecule has 1 N–H and O–H groups in total. The van der Waals surface area contributed by atoms with Crippen molar-refractivity contribution in [2.45, 2.75) is 19.4 Å². The molecule has 1 saturated heterocycles. The van der Waals surface area contributed by atoms with Gasteiger partial charge in [0.25, 0.3) is 0 Å². The molecule has 6 nitrogen and oxygen atoms in total. The molecule has 1 aliphatic rings. The second kappa shape index (κ2) is 8.30. The summed E-state index contributed by atoms with van der Waals surface area (Å²) in [5.41, 5.74) is 4.20. The van der Waals surface area contributed by atoms with Crippen LogP contribution in [0.1, 0.15) is 18.4 Å². The first-order chi connectivity index (χ1) is 15.2. The van der Waals surface area contributed by atoms with Crippen molar-refractivity contribution in [2.24, 2.45) is 5.92 Å². The maximum atomic E-state index is 12.9. The lowest BCUT2D eigenvalue weighted by Gasteiger charge is -2.33. The van der Waals surface area contributed by atoms with Gasteiger partial charge < -0.3 is 19.4 Å². The Morgan fingerprint density at radius 3 is 2.74 bits per heavy atom. The monoisotopic (exact) mass is 414 g/mol. The number of aromatic nitrogens is 2. The topological polar surface area (TPSA) is 58.9 Å². The molecule has 6 heteroatoms. The molecule has 0 saturated carbocycles. The third kappa shape index (κ3) is 3.81. The van der Waals surface area contributed by atoms with Crippen LogP contribution < -0.4 is 15.0 Å². The Labute approximate surface area is 181 Å². The molecule has 5 rings (SSSR count). The van der Waals surface area contributed by atoms with Crippen molar-refractivity contribution < 1.29 is 9.53 Å². The number of piperidine rings is 1. The SMILES string of the molecule is COc1ccc(CNC(=O)C2CCCN(c3nc4ccccc4n4cccc34)C2)cc1. The molecule has 31 heavy (non-hydrogen) atoms. The van der Waals surface area contributed by atoms with Crippen molar-refractivity contribution in [1.82, 2.24) is 14.7 Å². The van der Waals surface area contributed by atoms with Gasteiger partial charge in [-0.15, -0.1) is 0 Å². The predicted octanol–water partition coefficient (Wildman–Crippen LogP) is 4.03. The third-order valence-electron chi connectivity index (χ3n) is 6.06. The average molecular weight is 415 g/mol. The van der Waals surface area contributed by atoms with Crippen LogP contribution >= 0.6 is 0 Å². The summed E-state index contributed by atoms with van der Waals surface area (Å²) in [5.74, 6) is 1.83. The van der Waals surface area contributed by atoms with E-state index in [1.54, 1.807) is 7.11 Å². The Balaban J connectivity index is 1.33. The van der Waals surface area contributed by atoms with Crippen LogP contribution in [-0.2, 0) is 11.3 Å². The van der Waals surface area contributed by atoms with E-state index in [-0.39, 0.29) is 11.8 Å². The van der Waals surface area contributed by atoms with E-state index in [2.05, 4.69) is 39.0 Å². The van der Waals surface area contributed by atoms with E-state index in [4.69, 9.17) is 9.72 Å². The number of amides is 1. The van der Waals surface area contributed by atoms with Gasteiger partial charge in [-0.25, -0.2) is 4.98 Å². The number of methoxy groups -OCH3 is 1. The highest BCUT2D eigenvalue weighted by atomic mass is 16.5.